The van der Waals surface area contributed by atoms with Crippen LogP contribution in [-0.2, 0) is 33.4 Å². The lowest BCUT2D eigenvalue weighted by Gasteiger charge is -2.69. The standard InChI is InChI=1S/C62H94O11.C7H20N4/c1-33(2)17-15-19-39(51-43-29-47(67)53-57(9)25-23-45(65)35(5)41(57)21-27-59(53,11)61(43,13)31-49(51)71-37(7)63)55(69)73-56(70)40(20-16-18-34(3)4)52-44-30-48(68)54-58(10)26-24-46(66)36(6)42(58)22-28-60(54,12)62(44,14)32-50(52)72-38(8)64;8-2-6-10-4-1-5-11-7-3-9/h17-18,35-36,41-50,53-54,65-68H,15-16,19-32H2,1-14H3;10-11H,1-9H2/t35-,36-,41?,42?,43+,44+,45+,46+,47+,48+,49-,50-,53+,54?,57-,58-,59-,60-,61-,62-;/m0./s1. The highest BCUT2D eigenvalue weighted by atomic mass is 16.6. The molecule has 15 nitrogen and oxygen atoms in total. The summed E-state index contributed by atoms with van der Waals surface area (Å²) >= 11 is 0. The molecule has 8 saturated carbocycles. The molecule has 8 aliphatic rings. The van der Waals surface area contributed by atoms with Crippen molar-refractivity contribution in [1.29, 1.82) is 0 Å². The van der Waals surface area contributed by atoms with Crippen molar-refractivity contribution in [2.24, 2.45) is 91.3 Å². The van der Waals surface area contributed by atoms with Gasteiger partial charge in [0.2, 0.25) is 0 Å². The predicted octanol–water partition coefficient (Wildman–Crippen LogP) is 9.72. The highest BCUT2D eigenvalue weighted by Gasteiger charge is 2.73. The molecule has 0 saturated heterocycles. The van der Waals surface area contributed by atoms with Crippen LogP contribution in [0.2, 0.25) is 0 Å². The molecule has 476 valence electrons. The van der Waals surface area contributed by atoms with Crippen molar-refractivity contribution < 1.29 is 53.8 Å². The summed E-state index contributed by atoms with van der Waals surface area (Å²) < 4.78 is 18.9. The second-order valence-electron chi connectivity index (χ2n) is 29.8. The van der Waals surface area contributed by atoms with E-state index >= 15 is 9.59 Å². The second-order valence-corrected chi connectivity index (χ2v) is 29.8. The minimum absolute atomic E-state index is 0.0833. The fraction of sp³-hybridized carbons (Fsp3) is 0.826. The number of nitrogens with two attached hydrogens (primary N) is 2. The molecule has 3 unspecified atom stereocenters. The van der Waals surface area contributed by atoms with Crippen LogP contribution < -0.4 is 22.1 Å². The fourth-order valence-corrected chi connectivity index (χ4v) is 20.6. The Balaban J connectivity index is 0.000000834. The van der Waals surface area contributed by atoms with Crippen LogP contribution in [0.15, 0.2) is 45.6 Å². The van der Waals surface area contributed by atoms with Crippen LogP contribution in [0.1, 0.15) is 206 Å². The Morgan fingerprint density at radius 3 is 1.24 bits per heavy atom. The lowest BCUT2D eigenvalue weighted by Crippen LogP contribution is -2.65. The van der Waals surface area contributed by atoms with Crippen LogP contribution >= 0.6 is 0 Å². The SMILES string of the molecule is CC(=O)O[C@H]1C[C@@]2(C)[C@H](C[C@@H](O)C3[C@@]4(C)CC[C@@H](O)[C@@H](C)C4CC[C@@]32C)C1=C(CCC=C(C)C)C(=O)OC(=O)C(CCC=C(C)C)=C1[C@@H](OC(C)=O)C[C@@]2(C)[C@@H]1C[C@@H](O)[C@@H]1[C@@]3(C)CC[C@@H](O)[C@@H](C)C3CC[C@@]12C.NCCNCCCNCCN. The number of carbonyl (C=O) groups excluding carboxylic acids is 4. The average Bonchev–Trinajstić information content (AvgIpc) is 1.41. The number of nitrogens with one attached hydrogen (secondary N) is 2. The van der Waals surface area contributed by atoms with Gasteiger partial charge < -0.3 is 56.7 Å². The van der Waals surface area contributed by atoms with Gasteiger partial charge in [-0.1, -0.05) is 78.7 Å². The highest BCUT2D eigenvalue weighted by molar-refractivity contribution is 6.03. The number of fused-ring (bicyclic) bond motifs is 10. The third-order valence-corrected chi connectivity index (χ3v) is 24.6. The molecule has 0 spiro atoms. The number of carbonyl (C=O) groups is 4. The molecule has 0 aromatic rings. The van der Waals surface area contributed by atoms with E-state index in [1.54, 1.807) is 0 Å². The van der Waals surface area contributed by atoms with Crippen LogP contribution in [-0.4, -0.2) is 120 Å². The Hall–Kier alpha value is -3.28. The van der Waals surface area contributed by atoms with Gasteiger partial charge in [-0.15, -0.1) is 0 Å². The van der Waals surface area contributed by atoms with Gasteiger partial charge in [0.05, 0.1) is 24.4 Å². The first-order valence-electron chi connectivity index (χ1n) is 32.8. The van der Waals surface area contributed by atoms with E-state index in [4.69, 9.17) is 25.7 Å². The lowest BCUT2D eigenvalue weighted by molar-refractivity contribution is -0.234. The van der Waals surface area contributed by atoms with Gasteiger partial charge in [-0.3, -0.25) is 9.59 Å². The molecule has 8 fully saturated rings. The number of esters is 4. The molecule has 8 aliphatic carbocycles. The maximum Gasteiger partial charge on any atom is 0.342 e. The summed E-state index contributed by atoms with van der Waals surface area (Å²) in [6.07, 6.45) is 11.0. The lowest BCUT2D eigenvalue weighted by atomic mass is 9.36. The quantitative estimate of drug-likeness (QED) is 0.0159. The topological polar surface area (TPSA) is 253 Å². The van der Waals surface area contributed by atoms with Gasteiger partial charge in [-0.05, 0) is 241 Å². The Morgan fingerprint density at radius 2 is 0.905 bits per heavy atom. The number of hydrogen-bond donors (Lipinski definition) is 8. The molecule has 0 bridgehead atoms. The summed E-state index contributed by atoms with van der Waals surface area (Å²) in [5, 5.41) is 53.9. The third-order valence-electron chi connectivity index (χ3n) is 24.6. The minimum Gasteiger partial charge on any atom is -0.458 e. The normalized spacial score (nSPS) is 42.1. The van der Waals surface area contributed by atoms with E-state index in [0.29, 0.717) is 73.7 Å². The first-order valence-corrected chi connectivity index (χ1v) is 32.8. The van der Waals surface area contributed by atoms with E-state index < -0.39 is 70.0 Å². The zero-order valence-electron chi connectivity index (χ0n) is 54.3. The van der Waals surface area contributed by atoms with E-state index in [1.807, 2.05) is 27.7 Å². The largest absolute Gasteiger partial charge is 0.458 e. The molecule has 0 radical (unpaired) electrons. The second kappa shape index (κ2) is 27.2. The first kappa shape index (κ1) is 68.2. The van der Waals surface area contributed by atoms with E-state index in [2.05, 4.69) is 78.2 Å². The predicted molar refractivity (Wildman–Crippen MR) is 329 cm³/mol. The summed E-state index contributed by atoms with van der Waals surface area (Å²) in [6.45, 7) is 34.2. The van der Waals surface area contributed by atoms with Crippen LogP contribution in [0, 0.1) is 79.8 Å². The molecule has 84 heavy (non-hydrogen) atoms. The van der Waals surface area contributed by atoms with Crippen molar-refractivity contribution in [3.63, 3.8) is 0 Å². The summed E-state index contributed by atoms with van der Waals surface area (Å²) in [5.41, 5.74) is 12.3. The highest BCUT2D eigenvalue weighted by Crippen LogP contribution is 2.76. The fourth-order valence-electron chi connectivity index (χ4n) is 20.6. The average molecular weight is 1180 g/mol. The molecule has 0 aliphatic heterocycles. The minimum atomic E-state index is -0.795. The monoisotopic (exact) mass is 1170 g/mol. The maximum atomic E-state index is 15.5. The number of aliphatic hydroxyl groups is 4. The zero-order chi connectivity index (χ0) is 62.1. The Morgan fingerprint density at radius 1 is 0.536 bits per heavy atom. The van der Waals surface area contributed by atoms with Gasteiger partial charge in [-0.2, -0.15) is 0 Å². The Labute approximate surface area is 505 Å². The Bertz CT molecular complexity index is 2340. The first-order chi connectivity index (χ1) is 39.4. The molecule has 15 heteroatoms. The van der Waals surface area contributed by atoms with Crippen LogP contribution in [0.25, 0.3) is 0 Å². The van der Waals surface area contributed by atoms with Gasteiger partial charge in [0.25, 0.3) is 0 Å². The Kier molecular flexibility index (Phi) is 22.1. The van der Waals surface area contributed by atoms with Crippen molar-refractivity contribution in [2.75, 3.05) is 39.3 Å². The molecule has 10 N–H and O–H groups in total. The van der Waals surface area contributed by atoms with Gasteiger partial charge in [0.15, 0.2) is 0 Å². The molecule has 0 heterocycles. The number of aliphatic hydroxyl groups excluding tert-OH is 4. The number of rotatable bonds is 18. The van der Waals surface area contributed by atoms with Gasteiger partial charge in [-0.25, -0.2) is 9.59 Å². The number of allylic oxidation sites excluding steroid dienone is 4. The van der Waals surface area contributed by atoms with Crippen molar-refractivity contribution in [3.05, 3.63) is 45.6 Å². The molecule has 0 aromatic carbocycles. The van der Waals surface area contributed by atoms with E-state index in [-0.39, 0.29) is 83.2 Å². The zero-order valence-corrected chi connectivity index (χ0v) is 54.3. The van der Waals surface area contributed by atoms with Crippen molar-refractivity contribution in [3.8, 4) is 0 Å². The van der Waals surface area contributed by atoms with Crippen molar-refractivity contribution >= 4 is 23.9 Å². The van der Waals surface area contributed by atoms with E-state index in [1.165, 1.54) is 13.8 Å². The number of hydrogen-bond acceptors (Lipinski definition) is 15. The van der Waals surface area contributed by atoms with Crippen LogP contribution in [0.3, 0.4) is 0 Å². The number of ether oxygens (including phenoxy) is 3. The molecule has 8 rings (SSSR count). The molecule has 0 amide bonds. The van der Waals surface area contributed by atoms with Gasteiger partial charge >= 0.3 is 23.9 Å². The van der Waals surface area contributed by atoms with Gasteiger partial charge in [0.1, 0.15) is 12.2 Å². The summed E-state index contributed by atoms with van der Waals surface area (Å²) in [5.74, 6) is -2.69. The van der Waals surface area contributed by atoms with Crippen molar-refractivity contribution in [2.45, 2.75) is 243 Å². The van der Waals surface area contributed by atoms with E-state index in [0.717, 1.165) is 95.4 Å². The summed E-state index contributed by atoms with van der Waals surface area (Å²) in [4.78, 5) is 57.3. The molecule has 20 atom stereocenters. The van der Waals surface area contributed by atoms with E-state index in [9.17, 15) is 30.0 Å². The maximum absolute atomic E-state index is 15.5. The molecule has 0 aromatic heterocycles. The molecular weight excluding hydrogens is 1060 g/mol. The summed E-state index contributed by atoms with van der Waals surface area (Å²) in [6, 6.07) is 0. The molecular formula is C69H114N4O11. The van der Waals surface area contributed by atoms with Crippen molar-refractivity contribution in [1.82, 2.24) is 10.6 Å². The van der Waals surface area contributed by atoms with Gasteiger partial charge in [0, 0.05) is 51.2 Å². The van der Waals surface area contributed by atoms with Crippen LogP contribution in [0.5, 0.6) is 0 Å². The third kappa shape index (κ3) is 12.8. The van der Waals surface area contributed by atoms with Crippen LogP contribution in [0.4, 0.5) is 0 Å². The summed E-state index contributed by atoms with van der Waals surface area (Å²) in [7, 11) is 0. The smallest absolute Gasteiger partial charge is 0.342 e.